The van der Waals surface area contributed by atoms with Crippen LogP contribution in [-0.2, 0) is 4.43 Å². The zero-order valence-electron chi connectivity index (χ0n) is 7.42. The number of hydrogen-bond acceptors (Lipinski definition) is 1. The molecule has 1 heterocycles. The monoisotopic (exact) mass is 255 g/mol. The van der Waals surface area contributed by atoms with Gasteiger partial charge in [0.1, 0.15) is 0 Å². The van der Waals surface area contributed by atoms with Gasteiger partial charge in [-0.05, 0) is 29.8 Å². The standard InChI is InChI=1S/C10H12BrOSi/c11-9-3-5-10(6-4-9)13-8-2-1-7-12-13/h3-6H,1-2,7-8H2. The molecule has 13 heavy (non-hydrogen) atoms. The SMILES string of the molecule is Brc1ccc([Si]2CCCCO2)cc1. The Labute approximate surface area is 89.0 Å². The summed E-state index contributed by atoms with van der Waals surface area (Å²) in [6.45, 7) is 0.963. The molecule has 1 aliphatic heterocycles. The van der Waals surface area contributed by atoms with Crippen LogP contribution >= 0.6 is 15.9 Å². The zero-order valence-corrected chi connectivity index (χ0v) is 10.0. The third-order valence-electron chi connectivity index (χ3n) is 2.24. The average molecular weight is 256 g/mol. The predicted octanol–water partition coefficient (Wildman–Crippen LogP) is 2.46. The van der Waals surface area contributed by atoms with Crippen molar-refractivity contribution in [1.29, 1.82) is 0 Å². The molecule has 0 amide bonds. The molecular formula is C10H12BrOSi. The highest BCUT2D eigenvalue weighted by Crippen LogP contribution is 2.12. The molecule has 1 aromatic rings. The van der Waals surface area contributed by atoms with Crippen molar-refractivity contribution in [2.75, 3.05) is 6.61 Å². The van der Waals surface area contributed by atoms with E-state index in [4.69, 9.17) is 4.43 Å². The normalized spacial score (nSPS) is 18.8. The van der Waals surface area contributed by atoms with Crippen LogP contribution in [0.4, 0.5) is 0 Å². The van der Waals surface area contributed by atoms with Gasteiger partial charge in [-0.2, -0.15) is 0 Å². The first-order valence-electron chi connectivity index (χ1n) is 4.61. The van der Waals surface area contributed by atoms with Crippen LogP contribution in [0.25, 0.3) is 0 Å². The van der Waals surface area contributed by atoms with Crippen LogP contribution in [0.3, 0.4) is 0 Å². The molecule has 69 valence electrons. The molecule has 2 rings (SSSR count). The molecule has 0 aromatic heterocycles. The molecule has 1 aromatic carbocycles. The highest BCUT2D eigenvalue weighted by molar-refractivity contribution is 9.10. The van der Waals surface area contributed by atoms with Crippen molar-refractivity contribution in [3.63, 3.8) is 0 Å². The van der Waals surface area contributed by atoms with Crippen LogP contribution in [0.2, 0.25) is 6.04 Å². The van der Waals surface area contributed by atoms with Crippen LogP contribution in [-0.4, -0.2) is 15.6 Å². The Balaban J connectivity index is 2.10. The Morgan fingerprint density at radius 1 is 1.15 bits per heavy atom. The summed E-state index contributed by atoms with van der Waals surface area (Å²) in [6, 6.07) is 9.84. The second-order valence-corrected chi connectivity index (χ2v) is 6.36. The van der Waals surface area contributed by atoms with Crippen molar-refractivity contribution in [3.8, 4) is 0 Å². The van der Waals surface area contributed by atoms with Gasteiger partial charge in [0.25, 0.3) is 0 Å². The van der Waals surface area contributed by atoms with Crippen molar-refractivity contribution in [2.24, 2.45) is 0 Å². The van der Waals surface area contributed by atoms with Crippen molar-refractivity contribution in [1.82, 2.24) is 0 Å². The second kappa shape index (κ2) is 4.40. The lowest BCUT2D eigenvalue weighted by atomic mass is 10.3. The van der Waals surface area contributed by atoms with Gasteiger partial charge in [0.15, 0.2) is 0 Å². The zero-order chi connectivity index (χ0) is 9.10. The van der Waals surface area contributed by atoms with E-state index in [1.807, 2.05) is 0 Å². The highest BCUT2D eigenvalue weighted by atomic mass is 79.9. The van der Waals surface area contributed by atoms with Gasteiger partial charge in [-0.1, -0.05) is 34.5 Å². The maximum atomic E-state index is 5.79. The first kappa shape index (κ1) is 9.43. The van der Waals surface area contributed by atoms with E-state index in [1.54, 1.807) is 0 Å². The van der Waals surface area contributed by atoms with Gasteiger partial charge in [0, 0.05) is 11.1 Å². The Bertz CT molecular complexity index is 267. The summed E-state index contributed by atoms with van der Waals surface area (Å²) >= 11 is 3.44. The van der Waals surface area contributed by atoms with Crippen LogP contribution in [0.5, 0.6) is 0 Å². The molecule has 0 N–H and O–H groups in total. The fourth-order valence-electron chi connectivity index (χ4n) is 1.52. The average Bonchev–Trinajstić information content (AvgIpc) is 2.20. The first-order chi connectivity index (χ1) is 6.36. The lowest BCUT2D eigenvalue weighted by Gasteiger charge is -2.20. The molecular weight excluding hydrogens is 244 g/mol. The molecule has 0 saturated carbocycles. The summed E-state index contributed by atoms with van der Waals surface area (Å²) < 4.78 is 6.94. The predicted molar refractivity (Wildman–Crippen MR) is 59.5 cm³/mol. The number of benzene rings is 1. The topological polar surface area (TPSA) is 9.23 Å². The quantitative estimate of drug-likeness (QED) is 0.701. The summed E-state index contributed by atoms with van der Waals surface area (Å²) in [5.41, 5.74) is 0. The van der Waals surface area contributed by atoms with Gasteiger partial charge in [-0.15, -0.1) is 0 Å². The van der Waals surface area contributed by atoms with Crippen LogP contribution in [0.15, 0.2) is 28.7 Å². The second-order valence-electron chi connectivity index (χ2n) is 3.24. The lowest BCUT2D eigenvalue weighted by Crippen LogP contribution is -2.36. The summed E-state index contributed by atoms with van der Waals surface area (Å²) in [6.07, 6.45) is 2.58. The summed E-state index contributed by atoms with van der Waals surface area (Å²) in [5.74, 6) is 0. The largest absolute Gasteiger partial charge is 0.412 e. The third kappa shape index (κ3) is 2.42. The van der Waals surface area contributed by atoms with Crippen molar-refractivity contribution in [3.05, 3.63) is 28.7 Å². The van der Waals surface area contributed by atoms with E-state index in [1.165, 1.54) is 24.1 Å². The van der Waals surface area contributed by atoms with E-state index in [2.05, 4.69) is 40.2 Å². The molecule has 1 nitrogen and oxygen atoms in total. The van der Waals surface area contributed by atoms with Gasteiger partial charge < -0.3 is 4.43 Å². The van der Waals surface area contributed by atoms with E-state index >= 15 is 0 Å². The molecule has 0 unspecified atom stereocenters. The third-order valence-corrected chi connectivity index (χ3v) is 5.11. The molecule has 0 spiro atoms. The number of halogens is 1. The van der Waals surface area contributed by atoms with Crippen LogP contribution < -0.4 is 5.19 Å². The number of rotatable bonds is 1. The van der Waals surface area contributed by atoms with Gasteiger partial charge in [0.2, 0.25) is 9.04 Å². The Hall–Kier alpha value is -0.123. The highest BCUT2D eigenvalue weighted by Gasteiger charge is 2.18. The van der Waals surface area contributed by atoms with E-state index in [0.717, 1.165) is 11.1 Å². The molecule has 3 heteroatoms. The minimum Gasteiger partial charge on any atom is -0.412 e. The van der Waals surface area contributed by atoms with Gasteiger partial charge in [0.05, 0.1) is 0 Å². The molecule has 1 radical (unpaired) electrons. The molecule has 0 atom stereocenters. The molecule has 1 aliphatic rings. The molecule has 1 fully saturated rings. The van der Waals surface area contributed by atoms with Gasteiger partial charge in [-0.25, -0.2) is 0 Å². The maximum Gasteiger partial charge on any atom is 0.246 e. The van der Waals surface area contributed by atoms with E-state index < -0.39 is 9.04 Å². The first-order valence-corrected chi connectivity index (χ1v) is 7.02. The smallest absolute Gasteiger partial charge is 0.246 e. The van der Waals surface area contributed by atoms with Crippen molar-refractivity contribution >= 4 is 30.2 Å². The van der Waals surface area contributed by atoms with Gasteiger partial charge in [-0.3, -0.25) is 0 Å². The van der Waals surface area contributed by atoms with E-state index in [-0.39, 0.29) is 0 Å². The summed E-state index contributed by atoms with van der Waals surface area (Å²) in [5, 5.41) is 1.41. The van der Waals surface area contributed by atoms with Crippen molar-refractivity contribution < 1.29 is 4.43 Å². The Morgan fingerprint density at radius 2 is 1.92 bits per heavy atom. The minimum absolute atomic E-state index is 0.663. The summed E-state index contributed by atoms with van der Waals surface area (Å²) in [7, 11) is -0.663. The van der Waals surface area contributed by atoms with E-state index in [0.29, 0.717) is 0 Å². The Morgan fingerprint density at radius 3 is 2.54 bits per heavy atom. The lowest BCUT2D eigenvalue weighted by molar-refractivity contribution is 0.294. The fraction of sp³-hybridized carbons (Fsp3) is 0.400. The maximum absolute atomic E-state index is 5.79. The fourth-order valence-corrected chi connectivity index (χ4v) is 3.88. The minimum atomic E-state index is -0.663. The van der Waals surface area contributed by atoms with Gasteiger partial charge >= 0.3 is 0 Å². The molecule has 0 aliphatic carbocycles. The van der Waals surface area contributed by atoms with Crippen molar-refractivity contribution in [2.45, 2.75) is 18.9 Å². The number of hydrogen-bond donors (Lipinski definition) is 0. The van der Waals surface area contributed by atoms with Crippen LogP contribution in [0, 0.1) is 0 Å². The molecule has 0 bridgehead atoms. The van der Waals surface area contributed by atoms with Crippen LogP contribution in [0.1, 0.15) is 12.8 Å². The molecule has 1 saturated heterocycles. The summed E-state index contributed by atoms with van der Waals surface area (Å²) in [4.78, 5) is 0. The Kier molecular flexibility index (Phi) is 3.19. The van der Waals surface area contributed by atoms with E-state index in [9.17, 15) is 0 Å².